The first-order valence-corrected chi connectivity index (χ1v) is 7.32. The Labute approximate surface area is 122 Å². The minimum absolute atomic E-state index is 0.0951. The standard InChI is InChI=1S/C16H27N3O/c1-14(17)9-10-16(20)18-11-6-12-19(2)13-15-7-4-3-5-8-15/h3-5,7-8,14H,6,9-13,17H2,1-2H3,(H,18,20). The van der Waals surface area contributed by atoms with Crippen molar-refractivity contribution in [1.29, 1.82) is 0 Å². The number of nitrogens with zero attached hydrogens (tertiary/aromatic N) is 1. The predicted molar refractivity (Wildman–Crippen MR) is 83.3 cm³/mol. The van der Waals surface area contributed by atoms with Crippen LogP contribution in [0.2, 0.25) is 0 Å². The van der Waals surface area contributed by atoms with E-state index in [-0.39, 0.29) is 11.9 Å². The quantitative estimate of drug-likeness (QED) is 0.676. The highest BCUT2D eigenvalue weighted by molar-refractivity contribution is 5.75. The third kappa shape index (κ3) is 7.92. The molecule has 1 aromatic carbocycles. The highest BCUT2D eigenvalue weighted by atomic mass is 16.1. The molecule has 0 radical (unpaired) electrons. The smallest absolute Gasteiger partial charge is 0.220 e. The van der Waals surface area contributed by atoms with E-state index in [1.54, 1.807) is 0 Å². The van der Waals surface area contributed by atoms with Crippen molar-refractivity contribution in [2.45, 2.75) is 38.8 Å². The Morgan fingerprint density at radius 2 is 2.05 bits per heavy atom. The molecule has 0 aliphatic carbocycles. The van der Waals surface area contributed by atoms with Crippen molar-refractivity contribution in [1.82, 2.24) is 10.2 Å². The van der Waals surface area contributed by atoms with Crippen molar-refractivity contribution in [3.63, 3.8) is 0 Å². The fourth-order valence-corrected chi connectivity index (χ4v) is 2.00. The number of carbonyl (C=O) groups is 1. The molecule has 1 unspecified atom stereocenters. The van der Waals surface area contributed by atoms with E-state index in [4.69, 9.17) is 5.73 Å². The lowest BCUT2D eigenvalue weighted by molar-refractivity contribution is -0.121. The molecule has 0 aliphatic heterocycles. The molecule has 4 nitrogen and oxygen atoms in total. The van der Waals surface area contributed by atoms with Crippen LogP contribution in [0.25, 0.3) is 0 Å². The molecule has 0 aliphatic rings. The van der Waals surface area contributed by atoms with Crippen LogP contribution in [0.1, 0.15) is 31.7 Å². The van der Waals surface area contributed by atoms with Crippen molar-refractivity contribution in [3.05, 3.63) is 35.9 Å². The molecule has 0 aromatic heterocycles. The van der Waals surface area contributed by atoms with Gasteiger partial charge in [0.15, 0.2) is 0 Å². The van der Waals surface area contributed by atoms with Gasteiger partial charge in [-0.05, 0) is 38.9 Å². The monoisotopic (exact) mass is 277 g/mol. The topological polar surface area (TPSA) is 58.4 Å². The summed E-state index contributed by atoms with van der Waals surface area (Å²) in [5.41, 5.74) is 6.94. The van der Waals surface area contributed by atoms with Crippen molar-refractivity contribution in [3.8, 4) is 0 Å². The van der Waals surface area contributed by atoms with Crippen LogP contribution < -0.4 is 11.1 Å². The van der Waals surface area contributed by atoms with Gasteiger partial charge in [-0.1, -0.05) is 30.3 Å². The average Bonchev–Trinajstić information content (AvgIpc) is 2.42. The number of rotatable bonds is 9. The van der Waals surface area contributed by atoms with Gasteiger partial charge in [0.1, 0.15) is 0 Å². The van der Waals surface area contributed by atoms with Crippen LogP contribution in [0.3, 0.4) is 0 Å². The van der Waals surface area contributed by atoms with Gasteiger partial charge in [-0.3, -0.25) is 4.79 Å². The van der Waals surface area contributed by atoms with Crippen molar-refractivity contribution >= 4 is 5.91 Å². The van der Waals surface area contributed by atoms with Crippen LogP contribution in [0.5, 0.6) is 0 Å². The molecule has 112 valence electrons. The summed E-state index contributed by atoms with van der Waals surface area (Å²) < 4.78 is 0. The Kier molecular flexibility index (Phi) is 7.92. The highest BCUT2D eigenvalue weighted by Gasteiger charge is 2.03. The fraction of sp³-hybridized carbons (Fsp3) is 0.562. The zero-order valence-corrected chi connectivity index (χ0v) is 12.6. The molecule has 0 heterocycles. The maximum atomic E-state index is 11.5. The summed E-state index contributed by atoms with van der Waals surface area (Å²) in [5, 5.41) is 2.94. The molecule has 0 spiro atoms. The molecule has 0 bridgehead atoms. The first-order chi connectivity index (χ1) is 9.58. The molecule has 3 N–H and O–H groups in total. The van der Waals surface area contributed by atoms with E-state index in [9.17, 15) is 4.79 Å². The zero-order chi connectivity index (χ0) is 14.8. The summed E-state index contributed by atoms with van der Waals surface area (Å²) >= 11 is 0. The molecular formula is C16H27N3O. The summed E-state index contributed by atoms with van der Waals surface area (Å²) in [5.74, 6) is 0.105. The molecule has 4 heteroatoms. The van der Waals surface area contributed by atoms with Gasteiger partial charge in [0, 0.05) is 25.6 Å². The first kappa shape index (κ1) is 16.7. The molecule has 1 aromatic rings. The maximum absolute atomic E-state index is 11.5. The Morgan fingerprint density at radius 3 is 2.70 bits per heavy atom. The summed E-state index contributed by atoms with van der Waals surface area (Å²) in [6, 6.07) is 10.5. The zero-order valence-electron chi connectivity index (χ0n) is 12.6. The Bertz CT molecular complexity index is 379. The normalized spacial score (nSPS) is 12.4. The maximum Gasteiger partial charge on any atom is 0.220 e. The van der Waals surface area contributed by atoms with Gasteiger partial charge >= 0.3 is 0 Å². The number of nitrogens with one attached hydrogen (secondary N) is 1. The molecule has 1 amide bonds. The van der Waals surface area contributed by atoms with Crippen LogP contribution in [0.15, 0.2) is 30.3 Å². The summed E-state index contributed by atoms with van der Waals surface area (Å²) in [4.78, 5) is 13.8. The lowest BCUT2D eigenvalue weighted by Gasteiger charge is -2.16. The van der Waals surface area contributed by atoms with Crippen LogP contribution in [0.4, 0.5) is 0 Å². The minimum atomic E-state index is 0.0951. The summed E-state index contributed by atoms with van der Waals surface area (Å²) in [7, 11) is 2.10. The Balaban J connectivity index is 2.07. The average molecular weight is 277 g/mol. The van der Waals surface area contributed by atoms with Crippen molar-refractivity contribution in [2.75, 3.05) is 20.1 Å². The second-order valence-corrected chi connectivity index (χ2v) is 5.44. The van der Waals surface area contributed by atoms with Gasteiger partial charge in [-0.15, -0.1) is 0 Å². The third-order valence-corrected chi connectivity index (χ3v) is 3.16. The van der Waals surface area contributed by atoms with E-state index in [0.717, 1.165) is 32.5 Å². The molecule has 1 atom stereocenters. The number of benzene rings is 1. The van der Waals surface area contributed by atoms with Gasteiger partial charge in [0.25, 0.3) is 0 Å². The Hall–Kier alpha value is -1.39. The van der Waals surface area contributed by atoms with Gasteiger partial charge in [0.2, 0.25) is 5.91 Å². The number of hydrogen-bond acceptors (Lipinski definition) is 3. The van der Waals surface area contributed by atoms with Crippen LogP contribution in [-0.2, 0) is 11.3 Å². The van der Waals surface area contributed by atoms with E-state index in [0.29, 0.717) is 6.42 Å². The predicted octanol–water partition coefficient (Wildman–Crippen LogP) is 1.75. The van der Waals surface area contributed by atoms with Gasteiger partial charge in [-0.25, -0.2) is 0 Å². The van der Waals surface area contributed by atoms with Crippen LogP contribution >= 0.6 is 0 Å². The SMILES string of the molecule is CC(N)CCC(=O)NCCCN(C)Cc1ccccc1. The van der Waals surface area contributed by atoms with E-state index in [1.165, 1.54) is 5.56 Å². The second kappa shape index (κ2) is 9.50. The van der Waals surface area contributed by atoms with Gasteiger partial charge < -0.3 is 16.0 Å². The molecule has 0 fully saturated rings. The van der Waals surface area contributed by atoms with E-state index in [1.807, 2.05) is 13.0 Å². The number of carbonyl (C=O) groups excluding carboxylic acids is 1. The fourth-order valence-electron chi connectivity index (χ4n) is 2.00. The van der Waals surface area contributed by atoms with E-state index in [2.05, 4.69) is 41.5 Å². The van der Waals surface area contributed by atoms with Crippen molar-refractivity contribution in [2.24, 2.45) is 5.73 Å². The lowest BCUT2D eigenvalue weighted by Crippen LogP contribution is -2.29. The minimum Gasteiger partial charge on any atom is -0.356 e. The number of nitrogens with two attached hydrogens (primary N) is 1. The van der Waals surface area contributed by atoms with Gasteiger partial charge in [0.05, 0.1) is 0 Å². The largest absolute Gasteiger partial charge is 0.356 e. The molecular weight excluding hydrogens is 250 g/mol. The van der Waals surface area contributed by atoms with Crippen molar-refractivity contribution < 1.29 is 4.79 Å². The van der Waals surface area contributed by atoms with Crippen LogP contribution in [-0.4, -0.2) is 37.0 Å². The van der Waals surface area contributed by atoms with E-state index < -0.39 is 0 Å². The second-order valence-electron chi connectivity index (χ2n) is 5.44. The first-order valence-electron chi connectivity index (χ1n) is 7.32. The Morgan fingerprint density at radius 1 is 1.35 bits per heavy atom. The molecule has 0 saturated heterocycles. The van der Waals surface area contributed by atoms with Crippen LogP contribution in [0, 0.1) is 0 Å². The highest BCUT2D eigenvalue weighted by Crippen LogP contribution is 2.02. The van der Waals surface area contributed by atoms with Gasteiger partial charge in [-0.2, -0.15) is 0 Å². The summed E-state index contributed by atoms with van der Waals surface area (Å²) in [6.45, 7) is 4.57. The summed E-state index contributed by atoms with van der Waals surface area (Å²) in [6.07, 6.45) is 2.24. The third-order valence-electron chi connectivity index (χ3n) is 3.16. The number of hydrogen-bond donors (Lipinski definition) is 2. The molecule has 1 rings (SSSR count). The lowest BCUT2D eigenvalue weighted by atomic mass is 10.2. The number of amides is 1. The van der Waals surface area contributed by atoms with E-state index >= 15 is 0 Å². The molecule has 20 heavy (non-hydrogen) atoms. The molecule has 0 saturated carbocycles.